The van der Waals surface area contributed by atoms with Gasteiger partial charge in [0.1, 0.15) is 11.9 Å². The first-order chi connectivity index (χ1) is 7.68. The van der Waals surface area contributed by atoms with E-state index in [0.29, 0.717) is 18.8 Å². The molecule has 1 unspecified atom stereocenters. The van der Waals surface area contributed by atoms with Crippen LogP contribution in [-0.2, 0) is 4.79 Å². The summed E-state index contributed by atoms with van der Waals surface area (Å²) in [4.78, 5) is 16.8. The average Bonchev–Trinajstić information content (AvgIpc) is 2.29. The van der Waals surface area contributed by atoms with Gasteiger partial charge in [-0.25, -0.2) is 4.98 Å². The number of amides is 1. The van der Waals surface area contributed by atoms with Gasteiger partial charge in [-0.1, -0.05) is 6.07 Å². The summed E-state index contributed by atoms with van der Waals surface area (Å²) in [6, 6.07) is 4.21. The van der Waals surface area contributed by atoms with Gasteiger partial charge in [0.25, 0.3) is 0 Å². The minimum atomic E-state index is -0.536. The second-order valence-electron chi connectivity index (χ2n) is 3.93. The van der Waals surface area contributed by atoms with Crippen molar-refractivity contribution in [3.05, 3.63) is 24.1 Å². The van der Waals surface area contributed by atoms with Crippen LogP contribution >= 0.6 is 0 Å². The topological polar surface area (TPSA) is 59.2 Å². The summed E-state index contributed by atoms with van der Waals surface area (Å²) < 4.78 is 13.0. The Morgan fingerprint density at radius 1 is 1.50 bits per heavy atom. The summed E-state index contributed by atoms with van der Waals surface area (Å²) in [5.74, 6) is -0.416. The molecule has 0 radical (unpaired) electrons. The van der Waals surface area contributed by atoms with Crippen molar-refractivity contribution in [2.45, 2.75) is 25.3 Å². The lowest BCUT2D eigenvalue weighted by Gasteiger charge is -2.34. The van der Waals surface area contributed by atoms with Crippen LogP contribution in [0.25, 0.3) is 0 Å². The van der Waals surface area contributed by atoms with Crippen molar-refractivity contribution >= 4 is 11.7 Å². The molecule has 0 spiro atoms. The molecule has 5 heteroatoms. The quantitative estimate of drug-likeness (QED) is 0.763. The number of hydrogen-bond donors (Lipinski definition) is 1. The fourth-order valence-corrected chi connectivity index (χ4v) is 2.06. The Labute approximate surface area is 93.3 Å². The van der Waals surface area contributed by atoms with Gasteiger partial charge in [-0.15, -0.1) is 0 Å². The molecular formula is C11H14FN3O. The predicted molar refractivity (Wildman–Crippen MR) is 58.4 cm³/mol. The molecule has 1 fully saturated rings. The Kier molecular flexibility index (Phi) is 3.03. The van der Waals surface area contributed by atoms with E-state index in [1.807, 2.05) is 0 Å². The largest absolute Gasteiger partial charge is 0.368 e. The zero-order valence-electron chi connectivity index (χ0n) is 8.90. The lowest BCUT2D eigenvalue weighted by molar-refractivity contribution is -0.119. The van der Waals surface area contributed by atoms with Gasteiger partial charge in [0.2, 0.25) is 11.9 Å². The number of carbonyl (C=O) groups is 1. The molecule has 0 bridgehead atoms. The molecule has 86 valence electrons. The number of pyridine rings is 1. The Morgan fingerprint density at radius 3 is 3.00 bits per heavy atom. The van der Waals surface area contributed by atoms with Crippen LogP contribution in [-0.4, -0.2) is 23.5 Å². The van der Waals surface area contributed by atoms with Gasteiger partial charge in [-0.2, -0.15) is 4.39 Å². The van der Waals surface area contributed by atoms with Crippen molar-refractivity contribution in [2.24, 2.45) is 5.73 Å². The fourth-order valence-electron chi connectivity index (χ4n) is 2.06. The van der Waals surface area contributed by atoms with Gasteiger partial charge >= 0.3 is 0 Å². The third-order valence-corrected chi connectivity index (χ3v) is 2.83. The van der Waals surface area contributed by atoms with Gasteiger partial charge in [0.05, 0.1) is 0 Å². The number of halogens is 1. The van der Waals surface area contributed by atoms with E-state index < -0.39 is 5.95 Å². The zero-order valence-corrected chi connectivity index (χ0v) is 8.90. The molecule has 1 aliphatic heterocycles. The minimum Gasteiger partial charge on any atom is -0.368 e. The molecule has 2 N–H and O–H groups in total. The summed E-state index contributed by atoms with van der Waals surface area (Å²) >= 11 is 0. The number of hydrogen-bond acceptors (Lipinski definition) is 3. The van der Waals surface area contributed by atoms with Crippen molar-refractivity contribution in [3.8, 4) is 0 Å². The van der Waals surface area contributed by atoms with Gasteiger partial charge in [0.15, 0.2) is 0 Å². The molecule has 16 heavy (non-hydrogen) atoms. The highest BCUT2D eigenvalue weighted by Crippen LogP contribution is 2.22. The molecule has 0 saturated carbocycles. The minimum absolute atomic E-state index is 0.358. The van der Waals surface area contributed by atoms with Crippen LogP contribution in [0.15, 0.2) is 18.2 Å². The zero-order chi connectivity index (χ0) is 11.5. The van der Waals surface area contributed by atoms with E-state index >= 15 is 0 Å². The van der Waals surface area contributed by atoms with E-state index in [9.17, 15) is 9.18 Å². The van der Waals surface area contributed by atoms with Crippen LogP contribution in [0.2, 0.25) is 0 Å². The molecule has 1 aromatic heterocycles. The normalized spacial score (nSPS) is 20.8. The molecule has 0 aromatic carbocycles. The summed E-state index contributed by atoms with van der Waals surface area (Å²) in [6.07, 6.45) is 2.66. The molecule has 1 amide bonds. The molecule has 1 aliphatic rings. The maximum atomic E-state index is 13.0. The van der Waals surface area contributed by atoms with Crippen LogP contribution in [0.1, 0.15) is 19.3 Å². The third kappa shape index (κ3) is 2.13. The van der Waals surface area contributed by atoms with E-state index in [1.54, 1.807) is 17.0 Å². The summed E-state index contributed by atoms with van der Waals surface area (Å²) in [5.41, 5.74) is 5.33. The maximum absolute atomic E-state index is 13.0. The second-order valence-corrected chi connectivity index (χ2v) is 3.93. The lowest BCUT2D eigenvalue weighted by atomic mass is 10.0. The highest BCUT2D eigenvalue weighted by molar-refractivity contribution is 5.83. The fraction of sp³-hybridized carbons (Fsp3) is 0.455. The molecule has 1 aromatic rings. The van der Waals surface area contributed by atoms with E-state index in [1.165, 1.54) is 6.07 Å². The third-order valence-electron chi connectivity index (χ3n) is 2.83. The smallest absolute Gasteiger partial charge is 0.240 e. The highest BCUT2D eigenvalue weighted by atomic mass is 19.1. The monoisotopic (exact) mass is 223 g/mol. The molecule has 1 saturated heterocycles. The van der Waals surface area contributed by atoms with Crippen LogP contribution in [0.3, 0.4) is 0 Å². The molecule has 2 heterocycles. The number of piperidine rings is 1. The summed E-state index contributed by atoms with van der Waals surface area (Å²) in [7, 11) is 0. The van der Waals surface area contributed by atoms with E-state index in [2.05, 4.69) is 4.98 Å². The van der Waals surface area contributed by atoms with Crippen molar-refractivity contribution in [1.82, 2.24) is 4.98 Å². The maximum Gasteiger partial charge on any atom is 0.240 e. The van der Waals surface area contributed by atoms with Gasteiger partial charge in [-0.05, 0) is 31.4 Å². The number of carbonyl (C=O) groups excluding carboxylic acids is 1. The number of primary amides is 1. The Hall–Kier alpha value is -1.65. The van der Waals surface area contributed by atoms with Crippen LogP contribution in [0.5, 0.6) is 0 Å². The number of anilines is 1. The Balaban J connectivity index is 2.26. The second kappa shape index (κ2) is 4.47. The van der Waals surface area contributed by atoms with Gasteiger partial charge in [-0.3, -0.25) is 4.79 Å². The summed E-state index contributed by atoms with van der Waals surface area (Å²) in [5, 5.41) is 0. The number of nitrogens with two attached hydrogens (primary N) is 1. The first-order valence-electron chi connectivity index (χ1n) is 5.37. The lowest BCUT2D eigenvalue weighted by Crippen LogP contribution is -2.48. The number of nitrogens with zero attached hydrogens (tertiary/aromatic N) is 2. The average molecular weight is 223 g/mol. The standard InChI is InChI=1S/C11H14FN3O/c12-9-5-3-6-10(14-9)15-7-2-1-4-8(15)11(13)16/h3,5-6,8H,1-2,4,7H2,(H2,13,16). The van der Waals surface area contributed by atoms with Gasteiger partial charge in [0, 0.05) is 6.54 Å². The van der Waals surface area contributed by atoms with Crippen LogP contribution in [0.4, 0.5) is 10.2 Å². The van der Waals surface area contributed by atoms with Crippen molar-refractivity contribution in [2.75, 3.05) is 11.4 Å². The highest BCUT2D eigenvalue weighted by Gasteiger charge is 2.27. The molecule has 4 nitrogen and oxygen atoms in total. The Morgan fingerprint density at radius 2 is 2.31 bits per heavy atom. The van der Waals surface area contributed by atoms with Crippen molar-refractivity contribution in [3.63, 3.8) is 0 Å². The first-order valence-corrected chi connectivity index (χ1v) is 5.37. The van der Waals surface area contributed by atoms with Crippen molar-refractivity contribution < 1.29 is 9.18 Å². The van der Waals surface area contributed by atoms with Crippen LogP contribution < -0.4 is 10.6 Å². The summed E-state index contributed by atoms with van der Waals surface area (Å²) in [6.45, 7) is 0.698. The van der Waals surface area contributed by atoms with E-state index in [4.69, 9.17) is 5.73 Å². The van der Waals surface area contributed by atoms with E-state index in [-0.39, 0.29) is 11.9 Å². The van der Waals surface area contributed by atoms with Crippen molar-refractivity contribution in [1.29, 1.82) is 0 Å². The predicted octanol–water partition coefficient (Wildman–Crippen LogP) is 1.06. The molecular weight excluding hydrogens is 209 g/mol. The van der Waals surface area contributed by atoms with E-state index in [0.717, 1.165) is 12.8 Å². The first kappa shape index (κ1) is 10.9. The SMILES string of the molecule is NC(=O)C1CCCCN1c1cccc(F)n1. The molecule has 1 atom stereocenters. The number of rotatable bonds is 2. The molecule has 2 rings (SSSR count). The molecule has 0 aliphatic carbocycles. The number of aromatic nitrogens is 1. The van der Waals surface area contributed by atoms with Gasteiger partial charge < -0.3 is 10.6 Å². The van der Waals surface area contributed by atoms with Crippen LogP contribution in [0, 0.1) is 5.95 Å². The Bertz CT molecular complexity index is 397.